The van der Waals surface area contributed by atoms with E-state index in [1.165, 1.54) is 0 Å². The summed E-state index contributed by atoms with van der Waals surface area (Å²) in [4.78, 5) is 29.7. The van der Waals surface area contributed by atoms with Crippen LogP contribution < -0.4 is 5.32 Å². The first kappa shape index (κ1) is 26.7. The Labute approximate surface area is 227 Å². The molecular formula is C29H29Cl3N2O2. The lowest BCUT2D eigenvalue weighted by Gasteiger charge is -2.47. The van der Waals surface area contributed by atoms with Gasteiger partial charge in [0.2, 0.25) is 5.91 Å². The Hall–Kier alpha value is -2.37. The molecule has 0 bridgehead atoms. The first-order valence-corrected chi connectivity index (χ1v) is 13.1. The van der Waals surface area contributed by atoms with Crippen molar-refractivity contribution in [1.82, 2.24) is 4.90 Å². The molecule has 4 rings (SSSR count). The Morgan fingerprint density at radius 1 is 0.944 bits per heavy atom. The predicted molar refractivity (Wildman–Crippen MR) is 148 cm³/mol. The molecule has 3 aromatic rings. The first-order valence-electron chi connectivity index (χ1n) is 11.9. The van der Waals surface area contributed by atoms with Crippen LogP contribution >= 0.6 is 34.8 Å². The molecule has 1 aliphatic heterocycles. The van der Waals surface area contributed by atoms with Gasteiger partial charge in [0.25, 0.3) is 0 Å². The second-order valence-corrected chi connectivity index (χ2v) is 11.5. The van der Waals surface area contributed by atoms with Crippen LogP contribution in [0.25, 0.3) is 0 Å². The quantitative estimate of drug-likeness (QED) is 0.322. The van der Waals surface area contributed by atoms with Crippen LogP contribution in [0.4, 0.5) is 5.69 Å². The van der Waals surface area contributed by atoms with Crippen molar-refractivity contribution >= 4 is 52.2 Å². The molecule has 1 fully saturated rings. The Bertz CT molecular complexity index is 1290. The number of halogens is 3. The van der Waals surface area contributed by atoms with Gasteiger partial charge in [0.15, 0.2) is 5.78 Å². The molecule has 4 nitrogen and oxygen atoms in total. The van der Waals surface area contributed by atoms with E-state index in [0.717, 1.165) is 18.5 Å². The van der Waals surface area contributed by atoms with Crippen LogP contribution in [-0.2, 0) is 11.3 Å². The summed E-state index contributed by atoms with van der Waals surface area (Å²) in [5, 5.41) is 4.53. The summed E-state index contributed by atoms with van der Waals surface area (Å²) < 4.78 is 0. The van der Waals surface area contributed by atoms with Gasteiger partial charge in [-0.15, -0.1) is 0 Å². The van der Waals surface area contributed by atoms with E-state index in [-0.39, 0.29) is 17.1 Å². The second-order valence-electron chi connectivity index (χ2n) is 10.2. The predicted octanol–water partition coefficient (Wildman–Crippen LogP) is 7.90. The Balaban J connectivity index is 1.69. The molecule has 0 saturated carbocycles. The van der Waals surface area contributed by atoms with Gasteiger partial charge in [0.05, 0.1) is 15.7 Å². The van der Waals surface area contributed by atoms with E-state index in [1.54, 1.807) is 36.4 Å². The number of benzene rings is 3. The minimum atomic E-state index is -0.800. The molecule has 1 heterocycles. The van der Waals surface area contributed by atoms with Crippen LogP contribution in [0, 0.1) is 5.41 Å². The molecule has 1 amide bonds. The number of nitrogens with zero attached hydrogens (tertiary/aromatic N) is 1. The number of hydrogen-bond acceptors (Lipinski definition) is 3. The Kier molecular flexibility index (Phi) is 7.82. The van der Waals surface area contributed by atoms with Gasteiger partial charge in [0, 0.05) is 22.7 Å². The minimum absolute atomic E-state index is 0.142. The van der Waals surface area contributed by atoms with Crippen molar-refractivity contribution in [3.8, 4) is 0 Å². The molecule has 0 aliphatic carbocycles. The molecule has 0 unspecified atom stereocenters. The molecule has 1 N–H and O–H groups in total. The molecule has 7 heteroatoms. The summed E-state index contributed by atoms with van der Waals surface area (Å²) in [6.07, 6.45) is 1.57. The highest BCUT2D eigenvalue weighted by Gasteiger charge is 2.55. The fraction of sp³-hybridized carbons (Fsp3) is 0.310. The highest BCUT2D eigenvalue weighted by Crippen LogP contribution is 2.45. The van der Waals surface area contributed by atoms with Crippen molar-refractivity contribution < 1.29 is 9.59 Å². The van der Waals surface area contributed by atoms with Crippen molar-refractivity contribution in [1.29, 1.82) is 0 Å². The van der Waals surface area contributed by atoms with Crippen LogP contribution in [-0.4, -0.2) is 28.7 Å². The van der Waals surface area contributed by atoms with Crippen molar-refractivity contribution in [2.45, 2.75) is 45.7 Å². The van der Waals surface area contributed by atoms with E-state index in [1.807, 2.05) is 30.3 Å². The zero-order chi connectivity index (χ0) is 26.1. The largest absolute Gasteiger partial charge is 0.324 e. The Morgan fingerprint density at radius 2 is 1.67 bits per heavy atom. The standard InChI is InChI=1S/C29H29Cl3N2O2/c1-28(2,3)29(14-7-15-34(29)18-19-10-12-23(31)24(32)16-19)27(36)33-25-13-11-21(30)17-22(25)26(35)20-8-5-4-6-9-20/h4-6,8-13,16-17H,7,14-15,18H2,1-3H3,(H,33,36)/t29-/m1/s1. The number of nitrogens with one attached hydrogen (secondary N) is 1. The second kappa shape index (κ2) is 10.5. The molecule has 1 saturated heterocycles. The normalized spacial score (nSPS) is 18.3. The zero-order valence-corrected chi connectivity index (χ0v) is 22.8. The van der Waals surface area contributed by atoms with E-state index in [9.17, 15) is 9.59 Å². The fourth-order valence-electron chi connectivity index (χ4n) is 5.18. The molecule has 188 valence electrons. The number of rotatable bonds is 6. The van der Waals surface area contributed by atoms with Crippen LogP contribution in [0.3, 0.4) is 0 Å². The lowest BCUT2D eigenvalue weighted by molar-refractivity contribution is -0.133. The number of anilines is 1. The van der Waals surface area contributed by atoms with Gasteiger partial charge in [-0.3, -0.25) is 14.5 Å². The first-order chi connectivity index (χ1) is 17.0. The average Bonchev–Trinajstić information content (AvgIpc) is 3.27. The summed E-state index contributed by atoms with van der Waals surface area (Å²) in [5.74, 6) is -0.339. The lowest BCUT2D eigenvalue weighted by Crippen LogP contribution is -2.60. The maximum atomic E-state index is 14.2. The highest BCUT2D eigenvalue weighted by atomic mass is 35.5. The van der Waals surface area contributed by atoms with E-state index in [2.05, 4.69) is 31.0 Å². The summed E-state index contributed by atoms with van der Waals surface area (Å²) in [5.41, 5.74) is 1.14. The molecule has 0 radical (unpaired) electrons. The third-order valence-corrected chi connectivity index (χ3v) is 7.96. The molecule has 3 aromatic carbocycles. The van der Waals surface area contributed by atoms with Gasteiger partial charge in [-0.1, -0.05) is 92.0 Å². The fourth-order valence-corrected chi connectivity index (χ4v) is 5.67. The maximum Gasteiger partial charge on any atom is 0.245 e. The van der Waals surface area contributed by atoms with Crippen molar-refractivity contribution in [2.75, 3.05) is 11.9 Å². The summed E-state index contributed by atoms with van der Waals surface area (Å²) in [6, 6.07) is 19.5. The number of amides is 1. The van der Waals surface area contributed by atoms with Crippen molar-refractivity contribution in [3.05, 3.63) is 98.5 Å². The van der Waals surface area contributed by atoms with Gasteiger partial charge in [-0.2, -0.15) is 0 Å². The van der Waals surface area contributed by atoms with E-state index in [0.29, 0.717) is 44.8 Å². The van der Waals surface area contributed by atoms with E-state index < -0.39 is 5.54 Å². The van der Waals surface area contributed by atoms with Gasteiger partial charge >= 0.3 is 0 Å². The third kappa shape index (κ3) is 5.19. The van der Waals surface area contributed by atoms with Gasteiger partial charge < -0.3 is 5.32 Å². The van der Waals surface area contributed by atoms with Crippen LogP contribution in [0.15, 0.2) is 66.7 Å². The number of likely N-dealkylation sites (tertiary alicyclic amines) is 1. The minimum Gasteiger partial charge on any atom is -0.324 e. The smallest absolute Gasteiger partial charge is 0.245 e. The van der Waals surface area contributed by atoms with Gasteiger partial charge in [-0.25, -0.2) is 0 Å². The Morgan fingerprint density at radius 3 is 2.33 bits per heavy atom. The topological polar surface area (TPSA) is 49.4 Å². The number of ketones is 1. The van der Waals surface area contributed by atoms with Gasteiger partial charge in [-0.05, 0) is 60.7 Å². The summed E-state index contributed by atoms with van der Waals surface area (Å²) in [6.45, 7) is 7.56. The van der Waals surface area contributed by atoms with Gasteiger partial charge in [0.1, 0.15) is 5.54 Å². The summed E-state index contributed by atoms with van der Waals surface area (Å²) >= 11 is 18.6. The maximum absolute atomic E-state index is 14.2. The van der Waals surface area contributed by atoms with E-state index in [4.69, 9.17) is 34.8 Å². The van der Waals surface area contributed by atoms with Crippen molar-refractivity contribution in [2.24, 2.45) is 5.41 Å². The lowest BCUT2D eigenvalue weighted by atomic mass is 9.70. The molecule has 36 heavy (non-hydrogen) atoms. The summed E-state index contributed by atoms with van der Waals surface area (Å²) in [7, 11) is 0. The molecule has 1 atom stereocenters. The molecule has 0 spiro atoms. The molecule has 1 aliphatic rings. The van der Waals surface area contributed by atoms with Crippen molar-refractivity contribution in [3.63, 3.8) is 0 Å². The zero-order valence-electron chi connectivity index (χ0n) is 20.6. The van der Waals surface area contributed by atoms with E-state index >= 15 is 0 Å². The van der Waals surface area contributed by atoms with Crippen LogP contribution in [0.1, 0.15) is 55.1 Å². The third-order valence-electron chi connectivity index (χ3n) is 6.99. The monoisotopic (exact) mass is 542 g/mol. The SMILES string of the molecule is CC(C)(C)[C@]1(C(=O)Nc2ccc(Cl)cc2C(=O)c2ccccc2)CCCN1Cc1ccc(Cl)c(Cl)c1. The van der Waals surface area contributed by atoms with Crippen LogP contribution in [0.2, 0.25) is 15.1 Å². The highest BCUT2D eigenvalue weighted by molar-refractivity contribution is 6.42. The average molecular weight is 544 g/mol. The number of hydrogen-bond donors (Lipinski definition) is 1. The molecular weight excluding hydrogens is 515 g/mol. The number of carbonyl (C=O) groups excluding carboxylic acids is 2. The number of carbonyl (C=O) groups is 2. The molecule has 0 aromatic heterocycles. The van der Waals surface area contributed by atoms with Crippen LogP contribution in [0.5, 0.6) is 0 Å².